The molecule has 2 N–H and O–H groups in total. The first-order chi connectivity index (χ1) is 2.56. The fourth-order valence-electron chi connectivity index (χ4n) is 0. The predicted molar refractivity (Wildman–Crippen MR) is 24.8 cm³/mol. The van der Waals surface area contributed by atoms with Gasteiger partial charge in [-0.15, -0.1) is 0 Å². The van der Waals surface area contributed by atoms with Gasteiger partial charge in [0.05, 0.1) is 0 Å². The van der Waals surface area contributed by atoms with Crippen molar-refractivity contribution in [2.75, 3.05) is 6.16 Å². The van der Waals surface area contributed by atoms with E-state index in [0.29, 0.717) is 0 Å². The third-order valence-corrected chi connectivity index (χ3v) is 1.24. The fourth-order valence-corrected chi connectivity index (χ4v) is 0. The molecule has 0 spiro atoms. The van der Waals surface area contributed by atoms with Crippen molar-refractivity contribution < 1.29 is 76.3 Å². The van der Waals surface area contributed by atoms with Crippen molar-refractivity contribution in [3.8, 4) is 0 Å². The van der Waals surface area contributed by atoms with Crippen LogP contribution in [0.5, 0.6) is 0 Å². The Kier molecular flexibility index (Phi) is 15.1. The Balaban J connectivity index is -0.0000000208. The molecule has 0 unspecified atom stereocenters. The summed E-state index contributed by atoms with van der Waals surface area (Å²) in [6, 6.07) is 0. The van der Waals surface area contributed by atoms with Crippen LogP contribution in [0.25, 0.3) is 0 Å². The quantitative estimate of drug-likeness (QED) is 0.295. The molecule has 0 fully saturated rings. The summed E-state index contributed by atoms with van der Waals surface area (Å²) in [6.07, 6.45) is -0.0625. The van der Waals surface area contributed by atoms with Crippen molar-refractivity contribution in [3.05, 3.63) is 0 Å². The van der Waals surface area contributed by atoms with Gasteiger partial charge in [-0.05, 0) is 0 Å². The smallest absolute Gasteiger partial charge is 1.00 e. The van der Waals surface area contributed by atoms with Gasteiger partial charge in [0, 0.05) is 6.16 Å². The van der Waals surface area contributed by atoms with E-state index in [0.717, 1.165) is 0 Å². The maximum absolute atomic E-state index is 9.69. The van der Waals surface area contributed by atoms with Gasteiger partial charge in [-0.2, -0.15) is 0 Å². The molecule has 0 saturated heterocycles. The van der Waals surface area contributed by atoms with Gasteiger partial charge in [0.2, 0.25) is 0 Å². The Labute approximate surface area is 96.0 Å². The van der Waals surface area contributed by atoms with Crippen LogP contribution in [0.3, 0.4) is 0 Å². The molecule has 0 aliphatic carbocycles. The van der Waals surface area contributed by atoms with Crippen LogP contribution in [0.15, 0.2) is 0 Å². The molecule has 0 saturated carbocycles. The molecule has 6 heteroatoms. The van der Waals surface area contributed by atoms with Crippen LogP contribution in [-0.2, 0) is 4.57 Å². The van der Waals surface area contributed by atoms with Gasteiger partial charge in [0.15, 0.2) is 0 Å². The van der Waals surface area contributed by atoms with Gasteiger partial charge >= 0.3 is 66.7 Å². The number of hydrogen-bond donors (Lipinski definition) is 2. The maximum Gasteiger partial charge on any atom is 1.00 e. The largest absolute Gasteiger partial charge is 1.00 e. The molecule has 0 amide bonds. The van der Waals surface area contributed by atoms with Gasteiger partial charge in [-0.25, -0.2) is 0 Å². The molecule has 3 nitrogen and oxygen atoms in total. The van der Waals surface area contributed by atoms with Crippen molar-refractivity contribution in [1.29, 1.82) is 0 Å². The second-order valence-corrected chi connectivity index (χ2v) is 2.94. The first-order valence-electron chi connectivity index (χ1n) is 1.61. The molecule has 0 aliphatic rings. The molecule has 0 rings (SSSR count). The Hall–Kier alpha value is 2.15. The summed E-state index contributed by atoms with van der Waals surface area (Å²) in [6.45, 7) is 1.45. The first kappa shape index (κ1) is 16.6. The summed E-state index contributed by atoms with van der Waals surface area (Å²) in [5, 5.41) is 0. The van der Waals surface area contributed by atoms with E-state index in [2.05, 4.69) is 0 Å². The molecular weight excluding hydrogens is 149 g/mol. The van der Waals surface area contributed by atoms with Crippen molar-refractivity contribution in [2.24, 2.45) is 0 Å². The summed E-state index contributed by atoms with van der Waals surface area (Å²) in [7, 11) is -3.65. The minimum atomic E-state index is -3.65. The summed E-state index contributed by atoms with van der Waals surface area (Å²) in [4.78, 5) is 15.9. The summed E-state index contributed by atoms with van der Waals surface area (Å²) < 4.78 is 9.69. The summed E-state index contributed by atoms with van der Waals surface area (Å²) >= 11 is 0. The van der Waals surface area contributed by atoms with Gasteiger partial charge in [-0.1, -0.05) is 6.92 Å². The summed E-state index contributed by atoms with van der Waals surface area (Å²) in [5.74, 6) is 0. The van der Waals surface area contributed by atoms with Crippen LogP contribution in [0, 0.1) is 0 Å². The van der Waals surface area contributed by atoms with Crippen molar-refractivity contribution >= 4 is 7.60 Å². The second-order valence-electron chi connectivity index (χ2n) is 0.981. The number of hydrogen-bond acceptors (Lipinski definition) is 1. The van der Waals surface area contributed by atoms with Crippen molar-refractivity contribution in [1.82, 2.24) is 0 Å². The van der Waals surface area contributed by atoms with E-state index < -0.39 is 7.60 Å². The Bertz CT molecular complexity index is 86.6. The molecule has 0 aromatic rings. The molecule has 0 bridgehead atoms. The van der Waals surface area contributed by atoms with Crippen LogP contribution in [0.1, 0.15) is 9.78 Å². The molecule has 0 aromatic carbocycles. The van der Waals surface area contributed by atoms with Gasteiger partial charge in [-0.3, -0.25) is 4.57 Å². The van der Waals surface area contributed by atoms with Gasteiger partial charge < -0.3 is 12.6 Å². The zero-order valence-electron chi connectivity index (χ0n) is 7.46. The van der Waals surface area contributed by atoms with E-state index in [9.17, 15) is 4.57 Å². The minimum absolute atomic E-state index is 0. The molecule has 0 heterocycles. The van der Waals surface area contributed by atoms with E-state index in [1.54, 1.807) is 0 Å². The van der Waals surface area contributed by atoms with Crippen molar-refractivity contribution in [3.63, 3.8) is 0 Å². The van der Waals surface area contributed by atoms with Crippen LogP contribution >= 0.6 is 7.60 Å². The Morgan fingerprint density at radius 3 is 1.62 bits per heavy atom. The molecule has 0 atom stereocenters. The van der Waals surface area contributed by atoms with Crippen LogP contribution in [0.2, 0.25) is 0 Å². The van der Waals surface area contributed by atoms with Crippen LogP contribution < -0.4 is 59.1 Å². The van der Waals surface area contributed by atoms with Gasteiger partial charge in [0.25, 0.3) is 0 Å². The average Bonchev–Trinajstić information content (AvgIpc) is 1.35. The normalized spacial score (nSPS) is 8.88. The van der Waals surface area contributed by atoms with Gasteiger partial charge in [0.1, 0.15) is 0 Å². The average molecular weight is 158 g/mol. The molecule has 42 valence electrons. The third-order valence-electron chi connectivity index (χ3n) is 0.412. The Morgan fingerprint density at radius 2 is 1.62 bits per heavy atom. The van der Waals surface area contributed by atoms with E-state index in [1.165, 1.54) is 6.92 Å². The van der Waals surface area contributed by atoms with E-state index >= 15 is 0 Å². The second kappa shape index (κ2) is 7.26. The molecule has 0 aliphatic heterocycles. The van der Waals surface area contributed by atoms with Crippen LogP contribution in [-0.4, -0.2) is 15.9 Å². The topological polar surface area (TPSA) is 57.5 Å². The van der Waals surface area contributed by atoms with Crippen molar-refractivity contribution in [2.45, 2.75) is 6.92 Å². The summed E-state index contributed by atoms with van der Waals surface area (Å²) in [5.41, 5.74) is 0. The fraction of sp³-hybridized carbons (Fsp3) is 1.00. The molecule has 0 radical (unpaired) electrons. The Morgan fingerprint density at radius 1 is 1.50 bits per heavy atom. The predicted octanol–water partition coefficient (Wildman–Crippen LogP) is -5.58. The first-order valence-corrected chi connectivity index (χ1v) is 3.40. The monoisotopic (exact) mass is 158 g/mol. The van der Waals surface area contributed by atoms with E-state index in [-0.39, 0.29) is 68.1 Å². The minimum Gasteiger partial charge on any atom is -1.00 e. The van der Waals surface area contributed by atoms with E-state index in [1.807, 2.05) is 0 Å². The maximum atomic E-state index is 9.69. The molecule has 8 heavy (non-hydrogen) atoms. The van der Waals surface area contributed by atoms with E-state index in [4.69, 9.17) is 9.79 Å². The standard InChI is InChI=1S/C2H7O3P.2Na.2H/c1-2-6(3,4)5;;;;/h2H2,1H3,(H2,3,4,5);;;;/q;2*+1;2*-1. The SMILES string of the molecule is CCP(=O)(O)O.[H-].[H-].[Na+].[Na+]. The zero-order chi connectivity index (χ0) is 5.21. The third kappa shape index (κ3) is 15.7. The zero-order valence-corrected chi connectivity index (χ0v) is 10.4. The van der Waals surface area contributed by atoms with Crippen LogP contribution in [0.4, 0.5) is 0 Å². The number of rotatable bonds is 1. The molecular formula is C2H9Na2O3P. The molecule has 0 aromatic heterocycles.